The molecule has 1 aromatic heterocycles. The van der Waals surface area contributed by atoms with E-state index in [9.17, 15) is 22.8 Å². The van der Waals surface area contributed by atoms with Crippen LogP contribution in [-0.4, -0.2) is 61.1 Å². The van der Waals surface area contributed by atoms with Crippen molar-refractivity contribution in [2.75, 3.05) is 18.6 Å². The number of nitrogens with two attached hydrogens (primary N) is 1. The number of nitrogens with zero attached hydrogens (tertiary/aromatic N) is 2. The number of rotatable bonds is 7. The van der Waals surface area contributed by atoms with Crippen molar-refractivity contribution >= 4 is 56.5 Å². The number of aromatic nitrogens is 2. The molecule has 0 aliphatic carbocycles. The van der Waals surface area contributed by atoms with E-state index < -0.39 is 58.9 Å². The third kappa shape index (κ3) is 6.23. The van der Waals surface area contributed by atoms with E-state index in [0.717, 1.165) is 24.7 Å². The van der Waals surface area contributed by atoms with Gasteiger partial charge in [-0.25, -0.2) is 4.79 Å². The number of halogens is 1. The number of nitrogen functional groups attached to an aromatic ring is 1. The van der Waals surface area contributed by atoms with Crippen molar-refractivity contribution in [2.45, 2.75) is 38.4 Å². The molecule has 4 atom stereocenters. The number of carbonyl (C=O) groups excluding carboxylic acids is 2. The highest BCUT2D eigenvalue weighted by atomic mass is 127. The van der Waals surface area contributed by atoms with Crippen molar-refractivity contribution in [3.8, 4) is 0 Å². The van der Waals surface area contributed by atoms with Crippen LogP contribution in [0.5, 0.6) is 0 Å². The molecule has 0 spiro atoms. The van der Waals surface area contributed by atoms with Gasteiger partial charge in [-0.15, -0.1) is 0 Å². The predicted molar refractivity (Wildman–Crippen MR) is 112 cm³/mol. The van der Waals surface area contributed by atoms with Crippen molar-refractivity contribution in [1.82, 2.24) is 9.55 Å². The first-order valence-electron chi connectivity index (χ1n) is 8.42. The van der Waals surface area contributed by atoms with E-state index in [1.165, 1.54) is 6.20 Å². The number of ether oxygens (including phenoxy) is 3. The molecule has 12 nitrogen and oxygen atoms in total. The smallest absolute Gasteiger partial charge is 0.351 e. The summed E-state index contributed by atoms with van der Waals surface area (Å²) in [5.41, 5.74) is 5.29. The van der Waals surface area contributed by atoms with Gasteiger partial charge in [-0.1, -0.05) is 22.6 Å². The van der Waals surface area contributed by atoms with Gasteiger partial charge in [-0.3, -0.25) is 18.3 Å². The molecule has 30 heavy (non-hydrogen) atoms. The Morgan fingerprint density at radius 1 is 1.33 bits per heavy atom. The van der Waals surface area contributed by atoms with E-state index in [-0.39, 0.29) is 5.82 Å². The van der Waals surface area contributed by atoms with Crippen LogP contribution >= 0.6 is 22.6 Å². The zero-order valence-electron chi connectivity index (χ0n) is 16.2. The van der Waals surface area contributed by atoms with Gasteiger partial charge < -0.3 is 19.9 Å². The molecule has 1 aliphatic rings. The third-order valence-corrected chi connectivity index (χ3v) is 4.78. The maximum atomic E-state index is 12.5. The number of carbonyl (C=O) groups is 2. The fourth-order valence-corrected chi connectivity index (χ4v) is 3.80. The topological polar surface area (TPSA) is 166 Å². The summed E-state index contributed by atoms with van der Waals surface area (Å²) in [5, 5.41) is 0. The fraction of sp³-hybridized carbons (Fsp3) is 0.500. The molecule has 0 unspecified atom stereocenters. The molecule has 2 rings (SSSR count). The molecule has 0 radical (unpaired) electrons. The SMILES string of the molecule is CC(=O)OC[C@H]1O[C@@H](n2cc(/C=C/I)c(N)nc2=O)[C@H](OC(C)=O)[C@H]1OS(C)(=O)=O. The quantitative estimate of drug-likeness (QED) is 0.272. The number of hydrogen-bond donors (Lipinski definition) is 1. The summed E-state index contributed by atoms with van der Waals surface area (Å²) >= 11 is 1.95. The highest BCUT2D eigenvalue weighted by Crippen LogP contribution is 2.34. The minimum absolute atomic E-state index is 0.0356. The molecular formula is C16H20IN3O9S. The first-order chi connectivity index (χ1) is 13.9. The Morgan fingerprint density at radius 3 is 2.53 bits per heavy atom. The van der Waals surface area contributed by atoms with Crippen molar-refractivity contribution in [1.29, 1.82) is 0 Å². The van der Waals surface area contributed by atoms with Gasteiger partial charge in [-0.2, -0.15) is 13.4 Å². The van der Waals surface area contributed by atoms with Crippen molar-refractivity contribution in [3.05, 3.63) is 26.3 Å². The average molecular weight is 557 g/mol. The van der Waals surface area contributed by atoms with Crippen LogP contribution in [-0.2, 0) is 38.1 Å². The lowest BCUT2D eigenvalue weighted by atomic mass is 10.1. The normalized spacial score (nSPS) is 24.1. The van der Waals surface area contributed by atoms with Gasteiger partial charge in [0.25, 0.3) is 10.1 Å². The average Bonchev–Trinajstić information content (AvgIpc) is 2.91. The second-order valence-corrected chi connectivity index (χ2v) is 8.59. The van der Waals surface area contributed by atoms with Gasteiger partial charge in [0.2, 0.25) is 0 Å². The Balaban J connectivity index is 2.56. The molecule has 14 heteroatoms. The number of hydrogen-bond acceptors (Lipinski definition) is 11. The highest BCUT2D eigenvalue weighted by Gasteiger charge is 2.51. The summed E-state index contributed by atoms with van der Waals surface area (Å²) in [7, 11) is -4.03. The molecule has 2 N–H and O–H groups in total. The number of anilines is 1. The Labute approximate surface area is 185 Å². The molecule has 0 saturated carbocycles. The molecule has 166 valence electrons. The minimum Gasteiger partial charge on any atom is -0.463 e. The van der Waals surface area contributed by atoms with E-state index in [0.29, 0.717) is 5.56 Å². The molecule has 0 bridgehead atoms. The number of esters is 2. The van der Waals surface area contributed by atoms with Crippen LogP contribution in [0.3, 0.4) is 0 Å². The molecule has 2 heterocycles. The molecule has 1 fully saturated rings. The maximum Gasteiger partial charge on any atom is 0.351 e. The first-order valence-corrected chi connectivity index (χ1v) is 11.5. The second kappa shape index (κ2) is 9.84. The summed E-state index contributed by atoms with van der Waals surface area (Å²) in [6.07, 6.45) is -1.52. The van der Waals surface area contributed by atoms with Gasteiger partial charge in [0, 0.05) is 25.6 Å². The van der Waals surface area contributed by atoms with E-state index in [1.54, 1.807) is 10.2 Å². The summed E-state index contributed by atoms with van der Waals surface area (Å²) in [4.78, 5) is 39.0. The molecule has 1 aromatic rings. The second-order valence-electron chi connectivity index (χ2n) is 6.27. The van der Waals surface area contributed by atoms with E-state index in [2.05, 4.69) is 4.98 Å². The van der Waals surface area contributed by atoms with Crippen molar-refractivity contribution in [3.63, 3.8) is 0 Å². The summed E-state index contributed by atoms with van der Waals surface area (Å²) in [5.74, 6) is -1.45. The molecule has 0 amide bonds. The van der Waals surface area contributed by atoms with Gasteiger partial charge >= 0.3 is 17.6 Å². The van der Waals surface area contributed by atoms with Gasteiger partial charge in [0.05, 0.1) is 6.26 Å². The first kappa shape index (κ1) is 24.2. The Kier molecular flexibility index (Phi) is 7.95. The highest BCUT2D eigenvalue weighted by molar-refractivity contribution is 14.1. The van der Waals surface area contributed by atoms with Crippen LogP contribution in [0.15, 0.2) is 15.1 Å². The van der Waals surface area contributed by atoms with Crippen LogP contribution in [0.2, 0.25) is 0 Å². The lowest BCUT2D eigenvalue weighted by molar-refractivity contribution is -0.155. The Bertz CT molecular complexity index is 1010. The van der Waals surface area contributed by atoms with Gasteiger partial charge in [-0.05, 0) is 10.2 Å². The van der Waals surface area contributed by atoms with E-state index in [1.807, 2.05) is 22.6 Å². The van der Waals surface area contributed by atoms with E-state index in [4.69, 9.17) is 24.1 Å². The van der Waals surface area contributed by atoms with Crippen LogP contribution in [0.25, 0.3) is 6.08 Å². The lowest BCUT2D eigenvalue weighted by Gasteiger charge is -2.23. The molecule has 0 aromatic carbocycles. The largest absolute Gasteiger partial charge is 0.463 e. The summed E-state index contributed by atoms with van der Waals surface area (Å²) in [6, 6.07) is 0. The van der Waals surface area contributed by atoms with Crippen molar-refractivity contribution < 1.29 is 36.4 Å². The monoisotopic (exact) mass is 557 g/mol. The van der Waals surface area contributed by atoms with Crippen LogP contribution in [0.1, 0.15) is 25.6 Å². The Hall–Kier alpha value is -2.04. The van der Waals surface area contributed by atoms with Crippen LogP contribution < -0.4 is 11.4 Å². The van der Waals surface area contributed by atoms with E-state index >= 15 is 0 Å². The lowest BCUT2D eigenvalue weighted by Crippen LogP contribution is -2.42. The standard InChI is InChI=1S/C16H20IN3O9S/c1-8(21)26-7-11-12(29-30(3,24)25)13(27-9(2)22)15(28-11)20-6-10(4-5-17)14(18)19-16(20)23/h4-6,11-13,15H,7H2,1-3H3,(H2,18,19,23)/b5-4+/t11-,12+,13-,15-/m1/s1. The molecule has 1 aliphatic heterocycles. The van der Waals surface area contributed by atoms with Crippen LogP contribution in [0, 0.1) is 0 Å². The summed E-state index contributed by atoms with van der Waals surface area (Å²) in [6.45, 7) is 1.85. The van der Waals surface area contributed by atoms with Crippen LogP contribution in [0.4, 0.5) is 5.82 Å². The third-order valence-electron chi connectivity index (χ3n) is 3.85. The van der Waals surface area contributed by atoms with Crippen molar-refractivity contribution in [2.24, 2.45) is 0 Å². The maximum absolute atomic E-state index is 12.5. The fourth-order valence-electron chi connectivity index (χ4n) is 2.78. The zero-order valence-corrected chi connectivity index (χ0v) is 19.2. The predicted octanol–water partition coefficient (Wildman–Crippen LogP) is -0.0318. The summed E-state index contributed by atoms with van der Waals surface area (Å²) < 4.78 is 47.1. The van der Waals surface area contributed by atoms with Gasteiger partial charge in [0.1, 0.15) is 24.6 Å². The Morgan fingerprint density at radius 2 is 2.00 bits per heavy atom. The zero-order chi connectivity index (χ0) is 22.6. The minimum atomic E-state index is -4.03. The van der Waals surface area contributed by atoms with Gasteiger partial charge in [0.15, 0.2) is 12.3 Å². The molecular weight excluding hydrogens is 537 g/mol. The molecule has 1 saturated heterocycles.